The molecule has 6 aromatic rings. The Morgan fingerprint density at radius 1 is 0.694 bits per heavy atom. The number of fused-ring (bicyclic) bond motifs is 3. The second kappa shape index (κ2) is 10.4. The normalized spacial score (nSPS) is 11.2. The number of nitrogens with zero attached hydrogens (tertiary/aromatic N) is 4. The maximum atomic E-state index is 9.66. The van der Waals surface area contributed by atoms with Crippen molar-refractivity contribution in [3.05, 3.63) is 114 Å². The SMILES string of the molecule is OCCCc1n(Cc2ccc3ccccc3n2)c2ccccc2[n+]1Cc1ccc2ccccc2n1.[Cl-]. The Labute approximate surface area is 216 Å². The summed E-state index contributed by atoms with van der Waals surface area (Å²) in [4.78, 5) is 9.87. The third-order valence-corrected chi connectivity index (χ3v) is 6.60. The lowest BCUT2D eigenvalue weighted by atomic mass is 10.2. The number of benzene rings is 3. The van der Waals surface area contributed by atoms with Crippen LogP contribution in [0.1, 0.15) is 23.6 Å². The van der Waals surface area contributed by atoms with Crippen LogP contribution in [0, 0.1) is 0 Å². The summed E-state index contributed by atoms with van der Waals surface area (Å²) < 4.78 is 4.70. The van der Waals surface area contributed by atoms with Crippen molar-refractivity contribution in [1.82, 2.24) is 14.5 Å². The monoisotopic (exact) mass is 494 g/mol. The van der Waals surface area contributed by atoms with E-state index in [0.717, 1.165) is 50.6 Å². The molecule has 0 unspecified atom stereocenters. The maximum Gasteiger partial charge on any atom is 0.258 e. The number of rotatable bonds is 7. The molecule has 3 aromatic carbocycles. The molecule has 0 saturated carbocycles. The fraction of sp³-hybridized carbons (Fsp3) is 0.167. The Morgan fingerprint density at radius 2 is 1.31 bits per heavy atom. The van der Waals surface area contributed by atoms with Crippen LogP contribution >= 0.6 is 0 Å². The molecular weight excluding hydrogens is 468 g/mol. The molecule has 3 aromatic heterocycles. The highest BCUT2D eigenvalue weighted by atomic mass is 35.5. The lowest BCUT2D eigenvalue weighted by Crippen LogP contribution is -3.00. The topological polar surface area (TPSA) is 54.8 Å². The lowest BCUT2D eigenvalue weighted by Gasteiger charge is -2.07. The summed E-state index contributed by atoms with van der Waals surface area (Å²) in [5.41, 5.74) is 6.38. The smallest absolute Gasteiger partial charge is 0.258 e. The van der Waals surface area contributed by atoms with E-state index in [1.807, 2.05) is 24.3 Å². The lowest BCUT2D eigenvalue weighted by molar-refractivity contribution is -0.671. The largest absolute Gasteiger partial charge is 1.00 e. The quantitative estimate of drug-likeness (QED) is 0.346. The van der Waals surface area contributed by atoms with Gasteiger partial charge in [0.2, 0.25) is 0 Å². The zero-order valence-electron chi connectivity index (χ0n) is 19.9. The van der Waals surface area contributed by atoms with Gasteiger partial charge in [-0.2, -0.15) is 0 Å². The number of halogens is 1. The van der Waals surface area contributed by atoms with Crippen LogP contribution in [-0.4, -0.2) is 26.2 Å². The predicted octanol–water partition coefficient (Wildman–Crippen LogP) is 2.05. The molecule has 1 N–H and O–H groups in total. The Bertz CT molecular complexity index is 1540. The van der Waals surface area contributed by atoms with Crippen LogP contribution in [0.15, 0.2) is 97.1 Å². The van der Waals surface area contributed by atoms with Crippen LogP contribution in [0.2, 0.25) is 0 Å². The third kappa shape index (κ3) is 4.55. The van der Waals surface area contributed by atoms with Gasteiger partial charge in [-0.1, -0.05) is 60.7 Å². The fourth-order valence-corrected chi connectivity index (χ4v) is 4.92. The van der Waals surface area contributed by atoms with E-state index >= 15 is 0 Å². The molecule has 0 aliphatic heterocycles. The molecule has 5 nitrogen and oxygen atoms in total. The molecule has 3 heterocycles. The van der Waals surface area contributed by atoms with E-state index in [2.05, 4.69) is 81.9 Å². The minimum atomic E-state index is 0. The minimum absolute atomic E-state index is 0. The van der Waals surface area contributed by atoms with Crippen molar-refractivity contribution in [2.75, 3.05) is 6.61 Å². The van der Waals surface area contributed by atoms with E-state index in [-0.39, 0.29) is 19.0 Å². The average Bonchev–Trinajstić information content (AvgIpc) is 3.19. The molecule has 0 fully saturated rings. The van der Waals surface area contributed by atoms with Gasteiger partial charge in [0, 0.05) is 17.4 Å². The van der Waals surface area contributed by atoms with Crippen LogP contribution in [0.25, 0.3) is 32.8 Å². The standard InChI is InChI=1S/C30H27N4O.ClH/c35-19-7-14-30-33(20-24-17-15-22-8-1-3-10-26(22)31-24)28-12-5-6-13-29(28)34(30)21-25-18-16-23-9-2-4-11-27(23)32-25;/h1-6,8-13,15-18,35H,7,14,19-21H2;1H/q+1;/p-1. The zero-order valence-corrected chi connectivity index (χ0v) is 20.6. The fourth-order valence-electron chi connectivity index (χ4n) is 4.92. The van der Waals surface area contributed by atoms with Gasteiger partial charge in [-0.3, -0.25) is 0 Å². The third-order valence-electron chi connectivity index (χ3n) is 6.60. The van der Waals surface area contributed by atoms with Crippen LogP contribution < -0.4 is 17.0 Å². The van der Waals surface area contributed by atoms with Crippen molar-refractivity contribution in [3.63, 3.8) is 0 Å². The highest BCUT2D eigenvalue weighted by molar-refractivity contribution is 5.79. The first kappa shape index (κ1) is 23.9. The van der Waals surface area contributed by atoms with Gasteiger partial charge in [0.25, 0.3) is 5.82 Å². The second-order valence-electron chi connectivity index (χ2n) is 8.89. The Balaban J connectivity index is 0.00000267. The number of aromatic nitrogens is 4. The molecule has 0 spiro atoms. The molecule has 0 saturated heterocycles. The van der Waals surface area contributed by atoms with Crippen LogP contribution in [0.3, 0.4) is 0 Å². The molecule has 0 aliphatic carbocycles. The molecule has 0 atom stereocenters. The molecule has 0 radical (unpaired) electrons. The Hall–Kier alpha value is -3.80. The van der Waals surface area contributed by atoms with E-state index in [4.69, 9.17) is 9.97 Å². The summed E-state index contributed by atoms with van der Waals surface area (Å²) >= 11 is 0. The first-order valence-electron chi connectivity index (χ1n) is 12.1. The van der Waals surface area contributed by atoms with E-state index < -0.39 is 0 Å². The second-order valence-corrected chi connectivity index (χ2v) is 8.89. The van der Waals surface area contributed by atoms with E-state index in [1.54, 1.807) is 0 Å². The Morgan fingerprint density at radius 3 is 2.03 bits per heavy atom. The summed E-state index contributed by atoms with van der Waals surface area (Å²) in [5, 5.41) is 11.9. The predicted molar refractivity (Wildman–Crippen MR) is 139 cm³/mol. The maximum absolute atomic E-state index is 9.66. The Kier molecular flexibility index (Phi) is 6.94. The van der Waals surface area contributed by atoms with Gasteiger partial charge >= 0.3 is 0 Å². The highest BCUT2D eigenvalue weighted by Gasteiger charge is 2.25. The minimum Gasteiger partial charge on any atom is -1.00 e. The molecule has 0 amide bonds. The van der Waals surface area contributed by atoms with Crippen molar-refractivity contribution < 1.29 is 22.1 Å². The molecule has 36 heavy (non-hydrogen) atoms. The summed E-state index contributed by atoms with van der Waals surface area (Å²) in [6.45, 7) is 1.50. The number of hydrogen-bond donors (Lipinski definition) is 1. The molecule has 6 rings (SSSR count). The van der Waals surface area contributed by atoms with Gasteiger partial charge < -0.3 is 17.5 Å². The van der Waals surface area contributed by atoms with Gasteiger partial charge in [0.15, 0.2) is 11.0 Å². The van der Waals surface area contributed by atoms with E-state index in [1.165, 1.54) is 5.82 Å². The van der Waals surface area contributed by atoms with Gasteiger partial charge in [-0.25, -0.2) is 19.1 Å². The first-order chi connectivity index (χ1) is 17.3. The average molecular weight is 495 g/mol. The first-order valence-corrected chi connectivity index (χ1v) is 12.1. The van der Waals surface area contributed by atoms with Crippen molar-refractivity contribution in [1.29, 1.82) is 0 Å². The van der Waals surface area contributed by atoms with E-state index in [9.17, 15) is 5.11 Å². The van der Waals surface area contributed by atoms with Gasteiger partial charge in [0.05, 0.1) is 28.8 Å². The number of hydrogen-bond acceptors (Lipinski definition) is 3. The van der Waals surface area contributed by atoms with E-state index in [0.29, 0.717) is 19.5 Å². The summed E-state index contributed by atoms with van der Waals surface area (Å²) in [7, 11) is 0. The van der Waals surface area contributed by atoms with Crippen molar-refractivity contribution in [3.8, 4) is 0 Å². The number of aliphatic hydroxyl groups is 1. The summed E-state index contributed by atoms with van der Waals surface area (Å²) in [6, 6.07) is 33.5. The highest BCUT2D eigenvalue weighted by Crippen LogP contribution is 2.20. The van der Waals surface area contributed by atoms with Crippen molar-refractivity contribution in [2.45, 2.75) is 25.9 Å². The molecular formula is C30H27ClN4O. The van der Waals surface area contributed by atoms with Crippen LogP contribution in [0.4, 0.5) is 0 Å². The number of aliphatic hydroxyl groups excluding tert-OH is 1. The van der Waals surface area contributed by atoms with Crippen molar-refractivity contribution in [2.24, 2.45) is 0 Å². The molecule has 180 valence electrons. The zero-order chi connectivity index (χ0) is 23.6. The number of pyridine rings is 2. The molecule has 0 bridgehead atoms. The van der Waals surface area contributed by atoms with Crippen molar-refractivity contribution >= 4 is 32.8 Å². The number of para-hydroxylation sites is 4. The van der Waals surface area contributed by atoms with Gasteiger partial charge in [-0.15, -0.1) is 0 Å². The van der Waals surface area contributed by atoms with Gasteiger partial charge in [0.1, 0.15) is 13.1 Å². The number of imidazole rings is 1. The van der Waals surface area contributed by atoms with Crippen LogP contribution in [-0.2, 0) is 19.5 Å². The molecule has 0 aliphatic rings. The van der Waals surface area contributed by atoms with Crippen LogP contribution in [0.5, 0.6) is 0 Å². The molecule has 6 heteroatoms. The van der Waals surface area contributed by atoms with Gasteiger partial charge in [-0.05, 0) is 42.8 Å². The summed E-state index contributed by atoms with van der Waals surface area (Å²) in [6.07, 6.45) is 1.47. The summed E-state index contributed by atoms with van der Waals surface area (Å²) in [5.74, 6) is 1.17.